The number of halogens is 1. The van der Waals surface area contributed by atoms with Crippen molar-refractivity contribution in [1.29, 1.82) is 5.26 Å². The minimum absolute atomic E-state index is 0.0285. The van der Waals surface area contributed by atoms with Crippen LogP contribution >= 0.6 is 0 Å². The monoisotopic (exact) mass is 572 g/mol. The lowest BCUT2D eigenvalue weighted by Gasteiger charge is -2.27. The number of anilines is 1. The van der Waals surface area contributed by atoms with Gasteiger partial charge in [0.05, 0.1) is 35.6 Å². The standard InChI is InChI=1S/C31H29FN4O4S/c1-4-5-16-35-29-15-10-24(32)17-27(29)31(30(35)37)18-28(22-8-11-25(40-3)12-9-22)34-36(20-23(31)19-33)41(38,39)26-13-6-21(2)7-14-26/h6-15,17,20H,4-5,16,18H2,1-3H3. The van der Waals surface area contributed by atoms with E-state index in [2.05, 4.69) is 11.2 Å². The fourth-order valence-corrected chi connectivity index (χ4v) is 6.42. The molecule has 1 unspecified atom stereocenters. The van der Waals surface area contributed by atoms with Crippen molar-refractivity contribution in [3.05, 3.63) is 101 Å². The van der Waals surface area contributed by atoms with Gasteiger partial charge in [-0.25, -0.2) is 4.39 Å². The van der Waals surface area contributed by atoms with E-state index in [1.54, 1.807) is 41.3 Å². The van der Waals surface area contributed by atoms with Gasteiger partial charge in [-0.15, -0.1) is 0 Å². The Bertz CT molecular complexity index is 1710. The van der Waals surface area contributed by atoms with Gasteiger partial charge in [0.15, 0.2) is 0 Å². The normalized spacial score (nSPS) is 18.5. The van der Waals surface area contributed by atoms with Gasteiger partial charge in [-0.1, -0.05) is 31.0 Å². The molecule has 3 aromatic carbocycles. The molecule has 0 N–H and O–H groups in total. The highest BCUT2D eigenvalue weighted by Crippen LogP contribution is 2.50. The zero-order chi connectivity index (χ0) is 29.4. The van der Waals surface area contributed by atoms with E-state index in [1.165, 1.54) is 37.4 Å². The van der Waals surface area contributed by atoms with Crippen LogP contribution in [0.4, 0.5) is 10.1 Å². The topological polar surface area (TPSA) is 103 Å². The summed E-state index contributed by atoms with van der Waals surface area (Å²) in [7, 11) is -2.75. The fourth-order valence-electron chi connectivity index (χ4n) is 5.27. The third kappa shape index (κ3) is 4.76. The summed E-state index contributed by atoms with van der Waals surface area (Å²) in [6.07, 6.45) is 2.45. The number of methoxy groups -OCH3 is 1. The summed E-state index contributed by atoms with van der Waals surface area (Å²) in [6.45, 7) is 4.21. The number of sulfonamides is 1. The number of aryl methyl sites for hydroxylation is 1. The highest BCUT2D eigenvalue weighted by Gasteiger charge is 2.55. The molecule has 0 fully saturated rings. The van der Waals surface area contributed by atoms with E-state index in [0.717, 1.165) is 22.6 Å². The minimum Gasteiger partial charge on any atom is -0.497 e. The summed E-state index contributed by atoms with van der Waals surface area (Å²) in [5, 5.41) is 15.0. The second-order valence-corrected chi connectivity index (χ2v) is 11.9. The number of hydrogen-bond acceptors (Lipinski definition) is 6. The number of carbonyl (C=O) groups excluding carboxylic acids is 1. The first-order valence-corrected chi connectivity index (χ1v) is 14.7. The van der Waals surface area contributed by atoms with E-state index in [0.29, 0.717) is 35.5 Å². The van der Waals surface area contributed by atoms with Crippen molar-refractivity contribution in [3.63, 3.8) is 0 Å². The Hall–Kier alpha value is -4.49. The first-order chi connectivity index (χ1) is 19.6. The first-order valence-electron chi connectivity index (χ1n) is 13.2. The van der Waals surface area contributed by atoms with Crippen LogP contribution in [-0.2, 0) is 20.2 Å². The van der Waals surface area contributed by atoms with Gasteiger partial charge in [-0.05, 0) is 79.1 Å². The maximum absolute atomic E-state index is 14.8. The molecule has 5 rings (SSSR count). The molecule has 2 heterocycles. The molecule has 0 saturated carbocycles. The molecule has 41 heavy (non-hydrogen) atoms. The summed E-state index contributed by atoms with van der Waals surface area (Å²) in [4.78, 5) is 15.9. The third-order valence-electron chi connectivity index (χ3n) is 7.51. The molecule has 210 valence electrons. The van der Waals surface area contributed by atoms with Crippen LogP contribution in [0.5, 0.6) is 5.75 Å². The van der Waals surface area contributed by atoms with Gasteiger partial charge in [0.2, 0.25) is 5.91 Å². The Morgan fingerprint density at radius 2 is 1.80 bits per heavy atom. The Balaban J connectivity index is 1.77. The number of carbonyl (C=O) groups is 1. The van der Waals surface area contributed by atoms with E-state index in [9.17, 15) is 22.9 Å². The van der Waals surface area contributed by atoms with E-state index in [1.807, 2.05) is 13.8 Å². The fraction of sp³-hybridized carbons (Fsp3) is 0.258. The van der Waals surface area contributed by atoms with Gasteiger partial charge in [0.25, 0.3) is 10.0 Å². The number of fused-ring (bicyclic) bond motifs is 2. The maximum atomic E-state index is 14.8. The van der Waals surface area contributed by atoms with E-state index in [-0.39, 0.29) is 22.6 Å². The van der Waals surface area contributed by atoms with Crippen LogP contribution in [0.2, 0.25) is 0 Å². The lowest BCUT2D eigenvalue weighted by Crippen LogP contribution is -2.43. The average Bonchev–Trinajstić information content (AvgIpc) is 3.09. The van der Waals surface area contributed by atoms with E-state index in [4.69, 9.17) is 4.74 Å². The van der Waals surface area contributed by atoms with Crippen LogP contribution in [0.3, 0.4) is 0 Å². The average molecular weight is 573 g/mol. The van der Waals surface area contributed by atoms with Gasteiger partial charge in [0.1, 0.15) is 17.0 Å². The van der Waals surface area contributed by atoms with Crippen molar-refractivity contribution in [2.75, 3.05) is 18.6 Å². The molecule has 2 aliphatic heterocycles. The molecule has 1 atom stereocenters. The van der Waals surface area contributed by atoms with Crippen molar-refractivity contribution in [1.82, 2.24) is 4.41 Å². The number of hydrazone groups is 1. The predicted octanol–water partition coefficient (Wildman–Crippen LogP) is 5.43. The molecule has 8 nitrogen and oxygen atoms in total. The summed E-state index contributed by atoms with van der Waals surface area (Å²) in [6, 6.07) is 19.3. The van der Waals surface area contributed by atoms with Crippen LogP contribution in [-0.4, -0.2) is 38.1 Å². The Labute approximate surface area is 239 Å². The number of ether oxygens (including phenoxy) is 1. The molecule has 3 aromatic rings. The Morgan fingerprint density at radius 1 is 1.10 bits per heavy atom. The highest BCUT2D eigenvalue weighted by atomic mass is 32.2. The lowest BCUT2D eigenvalue weighted by atomic mass is 9.71. The molecule has 2 aliphatic rings. The van der Waals surface area contributed by atoms with Gasteiger partial charge in [-0.2, -0.15) is 23.2 Å². The summed E-state index contributed by atoms with van der Waals surface area (Å²) < 4.78 is 48.6. The molecule has 1 spiro atoms. The molecule has 0 bridgehead atoms. The SMILES string of the molecule is CCCCN1C(=O)C2(CC(c3ccc(OC)cc3)=NN(S(=O)(=O)c3ccc(C)cc3)C=C2C#N)c2cc(F)ccc21. The van der Waals surface area contributed by atoms with E-state index < -0.39 is 27.2 Å². The highest BCUT2D eigenvalue weighted by molar-refractivity contribution is 7.89. The van der Waals surface area contributed by atoms with E-state index >= 15 is 0 Å². The summed E-state index contributed by atoms with van der Waals surface area (Å²) in [5.74, 6) is -0.412. The molecule has 0 saturated heterocycles. The molecule has 0 aliphatic carbocycles. The van der Waals surface area contributed by atoms with Crippen LogP contribution < -0.4 is 9.64 Å². The smallest absolute Gasteiger partial charge is 0.282 e. The van der Waals surface area contributed by atoms with Crippen molar-refractivity contribution >= 4 is 27.3 Å². The zero-order valence-corrected chi connectivity index (χ0v) is 23.8. The first kappa shape index (κ1) is 28.1. The van der Waals surface area contributed by atoms with Gasteiger partial charge in [-0.3, -0.25) is 4.79 Å². The number of rotatable bonds is 7. The van der Waals surface area contributed by atoms with Crippen LogP contribution in [0.1, 0.15) is 42.9 Å². The van der Waals surface area contributed by atoms with Gasteiger partial charge < -0.3 is 9.64 Å². The van der Waals surface area contributed by atoms with Crippen molar-refractivity contribution in [3.8, 4) is 11.8 Å². The Kier molecular flexibility index (Phi) is 7.41. The molecular formula is C31H29FN4O4S. The van der Waals surface area contributed by atoms with Gasteiger partial charge >= 0.3 is 0 Å². The Morgan fingerprint density at radius 3 is 2.44 bits per heavy atom. The molecule has 0 aromatic heterocycles. The van der Waals surface area contributed by atoms with Crippen molar-refractivity contribution in [2.45, 2.75) is 43.4 Å². The van der Waals surface area contributed by atoms with Crippen LogP contribution in [0.25, 0.3) is 0 Å². The largest absolute Gasteiger partial charge is 0.497 e. The van der Waals surface area contributed by atoms with Crippen LogP contribution in [0, 0.1) is 24.1 Å². The summed E-state index contributed by atoms with van der Waals surface area (Å²) in [5.41, 5.74) is 0.617. The maximum Gasteiger partial charge on any atom is 0.282 e. The van der Waals surface area contributed by atoms with Crippen molar-refractivity contribution < 1.29 is 22.3 Å². The van der Waals surface area contributed by atoms with Crippen LogP contribution in [0.15, 0.2) is 88.5 Å². The van der Waals surface area contributed by atoms with Gasteiger partial charge in [0, 0.05) is 18.7 Å². The van der Waals surface area contributed by atoms with Crippen molar-refractivity contribution in [2.24, 2.45) is 5.10 Å². The summed E-state index contributed by atoms with van der Waals surface area (Å²) >= 11 is 0. The second kappa shape index (κ2) is 10.8. The number of amides is 1. The molecule has 1 amide bonds. The lowest BCUT2D eigenvalue weighted by molar-refractivity contribution is -0.121. The quantitative estimate of drug-likeness (QED) is 0.376. The molecular weight excluding hydrogens is 543 g/mol. The number of benzene rings is 3. The number of nitrogens with zero attached hydrogens (tertiary/aromatic N) is 4. The predicted molar refractivity (Wildman–Crippen MR) is 153 cm³/mol. The second-order valence-electron chi connectivity index (χ2n) is 10.1. The third-order valence-corrected chi connectivity index (χ3v) is 9.06. The number of unbranched alkanes of at least 4 members (excludes halogenated alkanes) is 1. The minimum atomic E-state index is -4.28. The molecule has 0 radical (unpaired) electrons. The number of hydrogen-bond donors (Lipinski definition) is 0. The molecule has 10 heteroatoms. The number of nitriles is 1. The zero-order valence-electron chi connectivity index (χ0n) is 23.0.